The van der Waals surface area contributed by atoms with Crippen LogP contribution in [0.2, 0.25) is 15.1 Å². The van der Waals surface area contributed by atoms with E-state index in [0.29, 0.717) is 5.56 Å². The summed E-state index contributed by atoms with van der Waals surface area (Å²) < 4.78 is 6.82. The average Bonchev–Trinajstić information content (AvgIpc) is 2.32. The van der Waals surface area contributed by atoms with Crippen LogP contribution in [-0.2, 0) is 0 Å². The number of rotatable bonds is 3. The summed E-state index contributed by atoms with van der Waals surface area (Å²) in [5.41, 5.74) is 0.682. The Morgan fingerprint density at radius 3 is 1.41 bits per heavy atom. The summed E-state index contributed by atoms with van der Waals surface area (Å²) >= 11 is 0. The molecule has 22 heavy (non-hydrogen) atoms. The molecule has 3 heteroatoms. The Kier molecular flexibility index (Phi) is 5.03. The minimum absolute atomic E-state index is 0.0762. The van der Waals surface area contributed by atoms with Crippen LogP contribution < -0.4 is 4.43 Å². The summed E-state index contributed by atoms with van der Waals surface area (Å²) in [4.78, 5) is 10.8. The topological polar surface area (TPSA) is 26.3 Å². The Balaban J connectivity index is 3.46. The zero-order valence-corrected chi connectivity index (χ0v) is 16.7. The average molecular weight is 321 g/mol. The fraction of sp³-hybridized carbons (Fsp3) is 0.632. The van der Waals surface area contributed by atoms with Crippen LogP contribution in [0.4, 0.5) is 0 Å². The molecule has 0 unspecified atom stereocenters. The smallest absolute Gasteiger partial charge is 0.267 e. The second-order valence-corrected chi connectivity index (χ2v) is 15.3. The van der Waals surface area contributed by atoms with Crippen LogP contribution in [0.15, 0.2) is 24.3 Å². The molecule has 0 amide bonds. The van der Waals surface area contributed by atoms with Crippen LogP contribution in [0.3, 0.4) is 0 Å². The molecular weight excluding hydrogens is 288 g/mol. The molecule has 0 aliphatic heterocycles. The van der Waals surface area contributed by atoms with Crippen molar-refractivity contribution >= 4 is 14.6 Å². The fourth-order valence-electron chi connectivity index (χ4n) is 4.63. The third kappa shape index (κ3) is 3.29. The molecule has 0 radical (unpaired) electrons. The first-order valence-corrected chi connectivity index (χ1v) is 9.91. The van der Waals surface area contributed by atoms with Crippen molar-refractivity contribution in [3.63, 3.8) is 0 Å². The summed E-state index contributed by atoms with van der Waals surface area (Å²) in [6, 6.07) is 7.51. The third-order valence-electron chi connectivity index (χ3n) is 4.46. The van der Waals surface area contributed by atoms with Gasteiger partial charge in [-0.15, -0.1) is 0 Å². The lowest BCUT2D eigenvalue weighted by Crippen LogP contribution is -2.63. The van der Waals surface area contributed by atoms with Gasteiger partial charge in [-0.25, -0.2) is 0 Å². The van der Waals surface area contributed by atoms with Gasteiger partial charge in [0, 0.05) is 5.56 Å². The molecule has 0 saturated heterocycles. The lowest BCUT2D eigenvalue weighted by Gasteiger charge is -2.57. The largest absolute Gasteiger partial charge is 0.542 e. The Labute approximate surface area is 137 Å². The first-order chi connectivity index (χ1) is 9.76. The summed E-state index contributed by atoms with van der Waals surface area (Å²) in [6.45, 7) is 20.7. The molecule has 0 bridgehead atoms. The molecule has 0 fully saturated rings. The number of carbonyl (C=O) groups is 1. The second kappa shape index (κ2) is 5.84. The number of benzene rings is 1. The molecule has 1 rings (SSSR count). The highest BCUT2D eigenvalue weighted by Gasteiger charge is 2.63. The van der Waals surface area contributed by atoms with Gasteiger partial charge < -0.3 is 4.43 Å². The Hall–Kier alpha value is -1.09. The maximum Gasteiger partial charge on any atom is 0.267 e. The van der Waals surface area contributed by atoms with Crippen molar-refractivity contribution in [2.24, 2.45) is 0 Å². The van der Waals surface area contributed by atoms with Gasteiger partial charge in [0.15, 0.2) is 0 Å². The Morgan fingerprint density at radius 2 is 1.14 bits per heavy atom. The highest BCUT2D eigenvalue weighted by molar-refractivity contribution is 6.82. The van der Waals surface area contributed by atoms with Gasteiger partial charge in [0.1, 0.15) is 12.0 Å². The zero-order valence-electron chi connectivity index (χ0n) is 15.7. The molecule has 1 aromatic carbocycles. The normalized spacial score (nSPS) is 13.9. The standard InChI is InChI=1S/C19H32O2Si/c1-17(2,3)22(18(4,5)6,19(7,8)9)21-16-12-10-15(14-20)11-13-16/h10-14H,1-9H3. The van der Waals surface area contributed by atoms with Crippen LogP contribution in [0, 0.1) is 0 Å². The number of hydrogen-bond acceptors (Lipinski definition) is 2. The van der Waals surface area contributed by atoms with Crippen molar-refractivity contribution in [1.82, 2.24) is 0 Å². The summed E-state index contributed by atoms with van der Waals surface area (Å²) in [6.07, 6.45) is 0.867. The maximum atomic E-state index is 10.8. The van der Waals surface area contributed by atoms with E-state index in [2.05, 4.69) is 62.3 Å². The highest BCUT2D eigenvalue weighted by atomic mass is 28.4. The van der Waals surface area contributed by atoms with Crippen molar-refractivity contribution in [2.75, 3.05) is 0 Å². The first-order valence-electron chi connectivity index (χ1n) is 8.00. The molecule has 0 aliphatic rings. The van der Waals surface area contributed by atoms with Crippen LogP contribution >= 0.6 is 0 Å². The van der Waals surface area contributed by atoms with Gasteiger partial charge in [0.2, 0.25) is 0 Å². The number of aldehydes is 1. The van der Waals surface area contributed by atoms with Gasteiger partial charge in [-0.1, -0.05) is 62.3 Å². The molecule has 2 nitrogen and oxygen atoms in total. The molecule has 0 aliphatic carbocycles. The minimum Gasteiger partial charge on any atom is -0.542 e. The van der Waals surface area contributed by atoms with Gasteiger partial charge in [-0.2, -0.15) is 0 Å². The van der Waals surface area contributed by atoms with E-state index in [4.69, 9.17) is 4.43 Å². The highest BCUT2D eigenvalue weighted by Crippen LogP contribution is 2.62. The molecule has 1 aromatic rings. The lowest BCUT2D eigenvalue weighted by molar-refractivity contribution is 0.112. The maximum absolute atomic E-state index is 10.8. The molecule has 124 valence electrons. The first kappa shape index (κ1) is 19.0. The van der Waals surface area contributed by atoms with Gasteiger partial charge in [0.25, 0.3) is 8.32 Å². The molecule has 0 aromatic heterocycles. The lowest BCUT2D eigenvalue weighted by atomic mass is 10.2. The van der Waals surface area contributed by atoms with Gasteiger partial charge in [-0.05, 0) is 39.4 Å². The SMILES string of the molecule is CC(C)(C)[Si](Oc1ccc(C=O)cc1)(C(C)(C)C)C(C)(C)C. The molecule has 0 spiro atoms. The molecule has 0 heterocycles. The van der Waals surface area contributed by atoms with E-state index in [0.717, 1.165) is 12.0 Å². The van der Waals surface area contributed by atoms with E-state index in [1.807, 2.05) is 24.3 Å². The predicted octanol–water partition coefficient (Wildman–Crippen LogP) is 6.22. The Morgan fingerprint density at radius 1 is 0.773 bits per heavy atom. The van der Waals surface area contributed by atoms with Crippen molar-refractivity contribution in [1.29, 1.82) is 0 Å². The van der Waals surface area contributed by atoms with Crippen LogP contribution in [-0.4, -0.2) is 14.6 Å². The van der Waals surface area contributed by atoms with E-state index >= 15 is 0 Å². The van der Waals surface area contributed by atoms with Gasteiger partial charge in [-0.3, -0.25) is 4.79 Å². The van der Waals surface area contributed by atoms with Crippen molar-refractivity contribution in [3.8, 4) is 5.75 Å². The van der Waals surface area contributed by atoms with Crippen molar-refractivity contribution in [2.45, 2.75) is 77.4 Å². The quantitative estimate of drug-likeness (QED) is 0.488. The van der Waals surface area contributed by atoms with E-state index in [1.54, 1.807) is 0 Å². The van der Waals surface area contributed by atoms with Crippen LogP contribution in [0.25, 0.3) is 0 Å². The van der Waals surface area contributed by atoms with E-state index in [9.17, 15) is 4.79 Å². The predicted molar refractivity (Wildman–Crippen MR) is 97.4 cm³/mol. The molecular formula is C19H32O2Si. The summed E-state index contributed by atoms with van der Waals surface area (Å²) in [5, 5.41) is 0.229. The minimum atomic E-state index is -2.26. The van der Waals surface area contributed by atoms with Crippen LogP contribution in [0.1, 0.15) is 72.7 Å². The molecule has 0 atom stereocenters. The number of carbonyl (C=O) groups excluding carboxylic acids is 1. The Bertz CT molecular complexity index is 474. The van der Waals surface area contributed by atoms with E-state index < -0.39 is 8.32 Å². The summed E-state index contributed by atoms with van der Waals surface area (Å²) in [7, 11) is -2.26. The van der Waals surface area contributed by atoms with Crippen molar-refractivity contribution in [3.05, 3.63) is 29.8 Å². The fourth-order valence-corrected chi connectivity index (χ4v) is 12.8. The van der Waals surface area contributed by atoms with E-state index in [1.165, 1.54) is 0 Å². The van der Waals surface area contributed by atoms with Crippen molar-refractivity contribution < 1.29 is 9.22 Å². The number of hydrogen-bond donors (Lipinski definition) is 0. The van der Waals surface area contributed by atoms with Gasteiger partial charge >= 0.3 is 0 Å². The van der Waals surface area contributed by atoms with E-state index in [-0.39, 0.29) is 15.1 Å². The molecule has 0 saturated carbocycles. The monoisotopic (exact) mass is 320 g/mol. The zero-order chi connectivity index (χ0) is 17.4. The van der Waals surface area contributed by atoms with Gasteiger partial charge in [0.05, 0.1) is 0 Å². The molecule has 0 N–H and O–H groups in total. The van der Waals surface area contributed by atoms with Crippen LogP contribution in [0.5, 0.6) is 5.75 Å². The second-order valence-electron chi connectivity index (χ2n) is 9.22. The summed E-state index contributed by atoms with van der Waals surface area (Å²) in [5.74, 6) is 0.872. The third-order valence-corrected chi connectivity index (χ3v) is 11.3.